The lowest BCUT2D eigenvalue weighted by molar-refractivity contribution is 0.298. The highest BCUT2D eigenvalue weighted by atomic mass is 16.5. The Morgan fingerprint density at radius 2 is 2.12 bits per heavy atom. The lowest BCUT2D eigenvalue weighted by Gasteiger charge is -2.07. The van der Waals surface area contributed by atoms with Crippen molar-refractivity contribution in [3.63, 3.8) is 0 Å². The monoisotopic (exact) mass is 216 g/mol. The number of rotatable bonds is 3. The van der Waals surface area contributed by atoms with Gasteiger partial charge in [-0.05, 0) is 13.0 Å². The smallest absolute Gasteiger partial charge is 0.272 e. The van der Waals surface area contributed by atoms with E-state index in [2.05, 4.69) is 16.8 Å². The van der Waals surface area contributed by atoms with E-state index in [1.807, 2.05) is 25.1 Å². The number of H-pyrrole nitrogens is 1. The van der Waals surface area contributed by atoms with Gasteiger partial charge in [-0.15, -0.1) is 0 Å². The number of hydrogen-bond acceptors (Lipinski definition) is 3. The second kappa shape index (κ2) is 4.18. The molecule has 0 aliphatic carbocycles. The maximum absolute atomic E-state index is 11.5. The van der Waals surface area contributed by atoms with Crippen LogP contribution in [0.1, 0.15) is 12.6 Å². The van der Waals surface area contributed by atoms with Gasteiger partial charge in [0.15, 0.2) is 0 Å². The van der Waals surface area contributed by atoms with E-state index in [1.54, 1.807) is 6.07 Å². The van der Waals surface area contributed by atoms with Crippen molar-refractivity contribution in [1.29, 1.82) is 0 Å². The quantitative estimate of drug-likeness (QED) is 0.797. The van der Waals surface area contributed by atoms with E-state index < -0.39 is 0 Å². The highest BCUT2D eigenvalue weighted by Crippen LogP contribution is 2.19. The number of aromatic amines is 1. The van der Waals surface area contributed by atoms with Crippen molar-refractivity contribution in [2.45, 2.75) is 6.92 Å². The Morgan fingerprint density at radius 3 is 2.81 bits per heavy atom. The Hall–Kier alpha value is -2.10. The SMILES string of the molecule is C=C(OCC)c1n[nH]c(=O)c2ccccc12. The Balaban J connectivity index is 2.68. The summed E-state index contributed by atoms with van der Waals surface area (Å²) in [7, 11) is 0. The molecule has 0 aliphatic rings. The summed E-state index contributed by atoms with van der Waals surface area (Å²) < 4.78 is 5.30. The van der Waals surface area contributed by atoms with Crippen LogP contribution in [0.4, 0.5) is 0 Å². The van der Waals surface area contributed by atoms with E-state index >= 15 is 0 Å². The first kappa shape index (κ1) is 10.4. The first-order valence-corrected chi connectivity index (χ1v) is 5.03. The number of benzene rings is 1. The molecule has 1 N–H and O–H groups in total. The van der Waals surface area contributed by atoms with Gasteiger partial charge in [0, 0.05) is 5.39 Å². The zero-order chi connectivity index (χ0) is 11.5. The van der Waals surface area contributed by atoms with E-state index in [4.69, 9.17) is 4.74 Å². The van der Waals surface area contributed by atoms with Gasteiger partial charge in [-0.3, -0.25) is 4.79 Å². The summed E-state index contributed by atoms with van der Waals surface area (Å²) in [5.41, 5.74) is 0.376. The van der Waals surface area contributed by atoms with Gasteiger partial charge in [0.25, 0.3) is 5.56 Å². The molecule has 0 atom stereocenters. The predicted molar refractivity (Wildman–Crippen MR) is 63.0 cm³/mol. The molecule has 0 saturated heterocycles. The Labute approximate surface area is 92.6 Å². The largest absolute Gasteiger partial charge is 0.492 e. The minimum atomic E-state index is -0.205. The number of nitrogens with one attached hydrogen (secondary N) is 1. The van der Waals surface area contributed by atoms with E-state index in [9.17, 15) is 4.79 Å². The maximum atomic E-state index is 11.5. The summed E-state index contributed by atoms with van der Waals surface area (Å²) in [6, 6.07) is 7.24. The molecular weight excluding hydrogens is 204 g/mol. The van der Waals surface area contributed by atoms with Crippen molar-refractivity contribution in [2.75, 3.05) is 6.61 Å². The number of nitrogens with zero attached hydrogens (tertiary/aromatic N) is 1. The summed E-state index contributed by atoms with van der Waals surface area (Å²) in [6.07, 6.45) is 0. The van der Waals surface area contributed by atoms with Crippen molar-refractivity contribution in [2.24, 2.45) is 0 Å². The summed E-state index contributed by atoms with van der Waals surface area (Å²) in [5, 5.41) is 7.74. The summed E-state index contributed by atoms with van der Waals surface area (Å²) in [6.45, 7) is 6.18. The zero-order valence-corrected chi connectivity index (χ0v) is 8.99. The lowest BCUT2D eigenvalue weighted by Crippen LogP contribution is -2.11. The van der Waals surface area contributed by atoms with Gasteiger partial charge < -0.3 is 4.74 Å². The molecule has 0 fully saturated rings. The molecule has 2 aromatic rings. The fourth-order valence-corrected chi connectivity index (χ4v) is 1.57. The molecule has 0 saturated carbocycles. The normalized spacial score (nSPS) is 10.3. The van der Waals surface area contributed by atoms with Gasteiger partial charge in [0.1, 0.15) is 11.5 Å². The first-order valence-electron chi connectivity index (χ1n) is 5.03. The average molecular weight is 216 g/mol. The van der Waals surface area contributed by atoms with Crippen molar-refractivity contribution < 1.29 is 4.74 Å². The molecule has 82 valence electrons. The summed E-state index contributed by atoms with van der Waals surface area (Å²) in [5.74, 6) is 0.468. The van der Waals surface area contributed by atoms with Crippen LogP contribution in [-0.4, -0.2) is 16.8 Å². The van der Waals surface area contributed by atoms with Crippen LogP contribution in [0, 0.1) is 0 Å². The van der Waals surface area contributed by atoms with Crippen molar-refractivity contribution >= 4 is 16.5 Å². The van der Waals surface area contributed by atoms with Crippen LogP contribution < -0.4 is 5.56 Å². The van der Waals surface area contributed by atoms with Crippen LogP contribution >= 0.6 is 0 Å². The van der Waals surface area contributed by atoms with Gasteiger partial charge in [0.05, 0.1) is 12.0 Å². The molecule has 4 heteroatoms. The van der Waals surface area contributed by atoms with Crippen LogP contribution in [0.2, 0.25) is 0 Å². The second-order valence-electron chi connectivity index (χ2n) is 3.30. The first-order chi connectivity index (χ1) is 7.74. The molecule has 0 spiro atoms. The predicted octanol–water partition coefficient (Wildman–Crippen LogP) is 1.93. The van der Waals surface area contributed by atoms with Gasteiger partial charge in [-0.2, -0.15) is 5.10 Å². The van der Waals surface area contributed by atoms with Crippen molar-refractivity contribution in [3.05, 3.63) is 46.9 Å². The fourth-order valence-electron chi connectivity index (χ4n) is 1.57. The molecule has 16 heavy (non-hydrogen) atoms. The van der Waals surface area contributed by atoms with E-state index in [1.165, 1.54) is 0 Å². The van der Waals surface area contributed by atoms with E-state index in [0.717, 1.165) is 5.39 Å². The molecule has 0 aliphatic heterocycles. The van der Waals surface area contributed by atoms with E-state index in [0.29, 0.717) is 23.4 Å². The van der Waals surface area contributed by atoms with E-state index in [-0.39, 0.29) is 5.56 Å². The third-order valence-corrected chi connectivity index (χ3v) is 2.28. The number of hydrogen-bond donors (Lipinski definition) is 1. The Bertz CT molecular complexity index is 587. The van der Waals surface area contributed by atoms with Crippen LogP contribution in [0.15, 0.2) is 35.6 Å². The van der Waals surface area contributed by atoms with Crippen LogP contribution in [-0.2, 0) is 4.74 Å². The molecule has 0 bridgehead atoms. The molecule has 0 unspecified atom stereocenters. The lowest BCUT2D eigenvalue weighted by atomic mass is 10.1. The molecule has 1 aromatic heterocycles. The Morgan fingerprint density at radius 1 is 1.44 bits per heavy atom. The second-order valence-corrected chi connectivity index (χ2v) is 3.30. The number of aromatic nitrogens is 2. The third-order valence-electron chi connectivity index (χ3n) is 2.28. The van der Waals surface area contributed by atoms with Crippen molar-refractivity contribution in [3.8, 4) is 0 Å². The van der Waals surface area contributed by atoms with Gasteiger partial charge in [-0.25, -0.2) is 5.10 Å². The Kier molecular flexibility index (Phi) is 2.72. The van der Waals surface area contributed by atoms with Gasteiger partial charge in [-0.1, -0.05) is 24.8 Å². The molecule has 4 nitrogen and oxygen atoms in total. The third kappa shape index (κ3) is 1.69. The van der Waals surface area contributed by atoms with Gasteiger partial charge >= 0.3 is 0 Å². The maximum Gasteiger partial charge on any atom is 0.272 e. The summed E-state index contributed by atoms with van der Waals surface area (Å²) >= 11 is 0. The highest BCUT2D eigenvalue weighted by Gasteiger charge is 2.09. The number of ether oxygens (including phenoxy) is 1. The highest BCUT2D eigenvalue weighted by molar-refractivity contribution is 5.89. The fraction of sp³-hybridized carbons (Fsp3) is 0.167. The minimum absolute atomic E-state index is 0.205. The zero-order valence-electron chi connectivity index (χ0n) is 8.99. The van der Waals surface area contributed by atoms with Crippen LogP contribution in [0.25, 0.3) is 16.5 Å². The molecule has 0 amide bonds. The van der Waals surface area contributed by atoms with Crippen molar-refractivity contribution in [1.82, 2.24) is 10.2 Å². The standard InChI is InChI=1S/C12H12N2O2/c1-3-16-8(2)11-9-6-4-5-7-10(9)12(15)14-13-11/h4-7H,2-3H2,1H3,(H,14,15). The topological polar surface area (TPSA) is 55.0 Å². The average Bonchev–Trinajstić information content (AvgIpc) is 2.30. The number of fused-ring (bicyclic) bond motifs is 1. The molecule has 0 radical (unpaired) electrons. The minimum Gasteiger partial charge on any atom is -0.492 e. The molecular formula is C12H12N2O2. The van der Waals surface area contributed by atoms with Crippen LogP contribution in [0.3, 0.4) is 0 Å². The molecule has 1 heterocycles. The molecule has 1 aromatic carbocycles. The van der Waals surface area contributed by atoms with Gasteiger partial charge in [0.2, 0.25) is 0 Å². The van der Waals surface area contributed by atoms with Crippen LogP contribution in [0.5, 0.6) is 0 Å². The molecule has 2 rings (SSSR count). The summed E-state index contributed by atoms with van der Waals surface area (Å²) in [4.78, 5) is 11.5.